The van der Waals surface area contributed by atoms with E-state index in [-0.39, 0.29) is 18.4 Å². The Labute approximate surface area is 134 Å². The van der Waals surface area contributed by atoms with Gasteiger partial charge in [0.05, 0.1) is 20.3 Å². The Morgan fingerprint density at radius 1 is 0.857 bits per heavy atom. The van der Waals surface area contributed by atoms with Gasteiger partial charge in [-0.15, -0.1) is 0 Å². The Morgan fingerprint density at radius 2 is 1.38 bits per heavy atom. The smallest absolute Gasteiger partial charge is 0.144 e. The summed E-state index contributed by atoms with van der Waals surface area (Å²) in [6.07, 6.45) is 3.86. The highest BCUT2D eigenvalue weighted by Crippen LogP contribution is 2.32. The van der Waals surface area contributed by atoms with E-state index in [2.05, 4.69) is 81.9 Å². The van der Waals surface area contributed by atoms with Crippen LogP contribution in [0, 0.1) is 0 Å². The molecule has 0 fully saturated rings. The predicted octanol–water partition coefficient (Wildman–Crippen LogP) is 1.64. The first-order chi connectivity index (χ1) is 9.58. The minimum absolute atomic E-state index is 0. The van der Waals surface area contributed by atoms with Gasteiger partial charge in [-0.05, 0) is 12.1 Å². The van der Waals surface area contributed by atoms with Gasteiger partial charge in [0.2, 0.25) is 0 Å². The van der Waals surface area contributed by atoms with Crippen LogP contribution in [-0.2, 0) is 0 Å². The second-order valence-electron chi connectivity index (χ2n) is 5.50. The Bertz CT molecular complexity index is 585. The normalized spacial score (nSPS) is 12.1. The summed E-state index contributed by atoms with van der Waals surface area (Å²) in [5.41, 5.74) is 3.72. The molecule has 0 amide bonds. The number of hydrogen-bond acceptors (Lipinski definition) is 0. The van der Waals surface area contributed by atoms with E-state index in [1.165, 1.54) is 11.1 Å². The third-order valence-electron chi connectivity index (χ3n) is 3.74. The molecule has 0 saturated heterocycles. The molecule has 2 aromatic carbocycles. The summed E-state index contributed by atoms with van der Waals surface area (Å²) >= 11 is 0. The van der Waals surface area contributed by atoms with E-state index in [0.29, 0.717) is 4.48 Å². The van der Waals surface area contributed by atoms with Gasteiger partial charge >= 0.3 is 0 Å². The number of benzene rings is 2. The Kier molecular flexibility index (Phi) is 5.95. The van der Waals surface area contributed by atoms with Crippen LogP contribution in [0.4, 0.5) is 0 Å². The third kappa shape index (κ3) is 3.84. The molecule has 21 heavy (non-hydrogen) atoms. The largest absolute Gasteiger partial charge is 1.00 e. The van der Waals surface area contributed by atoms with Crippen LogP contribution < -0.4 is 12.4 Å². The molecule has 1 atom stereocenters. The van der Waals surface area contributed by atoms with Gasteiger partial charge in [-0.3, -0.25) is 4.48 Å². The van der Waals surface area contributed by atoms with Crippen LogP contribution in [0.3, 0.4) is 0 Å². The van der Waals surface area contributed by atoms with Gasteiger partial charge in [0.15, 0.2) is 0 Å². The second kappa shape index (κ2) is 7.26. The summed E-state index contributed by atoms with van der Waals surface area (Å²) in [4.78, 5) is 0. The Morgan fingerprint density at radius 3 is 1.86 bits per heavy atom. The molecular weight excluding hydrogens is 278 g/mol. The zero-order valence-electron chi connectivity index (χ0n) is 12.7. The van der Waals surface area contributed by atoms with Crippen molar-refractivity contribution in [3.8, 4) is 0 Å². The van der Waals surface area contributed by atoms with Crippen molar-refractivity contribution in [2.24, 2.45) is 0 Å². The number of nitrogens with zero attached hydrogens (tertiary/aromatic N) is 1. The summed E-state index contributed by atoms with van der Waals surface area (Å²) in [6, 6.07) is 19.4. The van der Waals surface area contributed by atoms with Gasteiger partial charge < -0.3 is 12.4 Å². The molecule has 0 radical (unpaired) electrons. The fourth-order valence-electron chi connectivity index (χ4n) is 2.52. The number of quaternary nitrogens is 1. The van der Waals surface area contributed by atoms with Gasteiger partial charge in [0, 0.05) is 11.1 Å². The highest BCUT2D eigenvalue weighted by molar-refractivity contribution is 5.48. The topological polar surface area (TPSA) is 0 Å². The number of halogens is 1. The molecular formula is C19H22ClN. The fourth-order valence-corrected chi connectivity index (χ4v) is 2.52. The lowest BCUT2D eigenvalue weighted by atomic mass is 9.95. The standard InChI is InChI=1S/C19H22N.ClH/c1-5-16-12-14-18(15-13-16)19(20(3,4)6-2)17-10-8-7-9-11-17;/h5-15,19H,1-2H2,3-4H3;1H/q+1;/p-1. The van der Waals surface area contributed by atoms with E-state index in [0.717, 1.165) is 5.56 Å². The fraction of sp³-hybridized carbons (Fsp3) is 0.158. The average molecular weight is 300 g/mol. The van der Waals surface area contributed by atoms with Crippen molar-refractivity contribution in [1.82, 2.24) is 0 Å². The lowest BCUT2D eigenvalue weighted by molar-refractivity contribution is -0.865. The van der Waals surface area contributed by atoms with Crippen LogP contribution in [0.5, 0.6) is 0 Å². The zero-order valence-corrected chi connectivity index (χ0v) is 13.4. The summed E-state index contributed by atoms with van der Waals surface area (Å²) in [5, 5.41) is 0. The molecule has 0 aliphatic heterocycles. The maximum Gasteiger partial charge on any atom is 0.144 e. The van der Waals surface area contributed by atoms with Gasteiger partial charge in [0.25, 0.3) is 0 Å². The van der Waals surface area contributed by atoms with Crippen molar-refractivity contribution in [1.29, 1.82) is 0 Å². The first-order valence-corrected chi connectivity index (χ1v) is 6.83. The first-order valence-electron chi connectivity index (χ1n) is 6.83. The molecule has 2 aromatic rings. The number of hydrogen-bond donors (Lipinski definition) is 0. The maximum absolute atomic E-state index is 3.99. The molecule has 0 aromatic heterocycles. The molecule has 0 spiro atoms. The molecule has 1 nitrogen and oxygen atoms in total. The zero-order chi connectivity index (χ0) is 14.6. The van der Waals surface area contributed by atoms with Crippen molar-refractivity contribution in [3.05, 3.63) is 90.6 Å². The summed E-state index contributed by atoms with van der Waals surface area (Å²) in [6.45, 7) is 7.80. The van der Waals surface area contributed by atoms with Crippen LogP contribution in [0.1, 0.15) is 22.7 Å². The molecule has 0 heterocycles. The summed E-state index contributed by atoms with van der Waals surface area (Å²) in [7, 11) is 4.35. The molecule has 0 saturated carbocycles. The van der Waals surface area contributed by atoms with Gasteiger partial charge in [-0.2, -0.15) is 0 Å². The van der Waals surface area contributed by atoms with E-state index in [1.54, 1.807) is 0 Å². The lowest BCUT2D eigenvalue weighted by Gasteiger charge is -2.35. The molecule has 2 heteroatoms. The lowest BCUT2D eigenvalue weighted by Crippen LogP contribution is -3.00. The minimum Gasteiger partial charge on any atom is -1.00 e. The third-order valence-corrected chi connectivity index (χ3v) is 3.74. The SMILES string of the molecule is C=Cc1ccc(C(c2ccccc2)[N+](C)(C)C=C)cc1.[Cl-]. The van der Waals surface area contributed by atoms with Crippen molar-refractivity contribution in [3.63, 3.8) is 0 Å². The summed E-state index contributed by atoms with van der Waals surface area (Å²) in [5.74, 6) is 0. The highest BCUT2D eigenvalue weighted by Gasteiger charge is 2.29. The van der Waals surface area contributed by atoms with Gasteiger partial charge in [-0.25, -0.2) is 0 Å². The molecule has 0 N–H and O–H groups in total. The average Bonchev–Trinajstić information content (AvgIpc) is 2.49. The van der Waals surface area contributed by atoms with E-state index in [9.17, 15) is 0 Å². The summed E-state index contributed by atoms with van der Waals surface area (Å²) < 4.78 is 0.706. The molecule has 110 valence electrons. The molecule has 0 bridgehead atoms. The van der Waals surface area contributed by atoms with Crippen molar-refractivity contribution < 1.29 is 16.9 Å². The Balaban J connectivity index is 0.00000220. The monoisotopic (exact) mass is 299 g/mol. The molecule has 2 rings (SSSR count). The molecule has 0 aliphatic carbocycles. The van der Waals surface area contributed by atoms with Crippen LogP contribution >= 0.6 is 0 Å². The van der Waals surface area contributed by atoms with Crippen LogP contribution in [0.2, 0.25) is 0 Å². The van der Waals surface area contributed by atoms with Crippen molar-refractivity contribution >= 4 is 6.08 Å². The van der Waals surface area contributed by atoms with E-state index in [4.69, 9.17) is 0 Å². The van der Waals surface area contributed by atoms with Crippen LogP contribution in [0.25, 0.3) is 6.08 Å². The number of rotatable bonds is 5. The van der Waals surface area contributed by atoms with Gasteiger partial charge in [-0.1, -0.05) is 67.3 Å². The molecule has 1 unspecified atom stereocenters. The van der Waals surface area contributed by atoms with E-state index >= 15 is 0 Å². The Hall–Kier alpha value is -1.83. The van der Waals surface area contributed by atoms with Crippen LogP contribution in [0.15, 0.2) is 74.0 Å². The van der Waals surface area contributed by atoms with E-state index in [1.807, 2.05) is 12.3 Å². The first kappa shape index (κ1) is 17.2. The van der Waals surface area contributed by atoms with Crippen molar-refractivity contribution in [2.75, 3.05) is 14.1 Å². The highest BCUT2D eigenvalue weighted by atomic mass is 35.5. The second-order valence-corrected chi connectivity index (χ2v) is 5.50. The van der Waals surface area contributed by atoms with E-state index < -0.39 is 0 Å². The molecule has 0 aliphatic rings. The van der Waals surface area contributed by atoms with Crippen LogP contribution in [-0.4, -0.2) is 18.6 Å². The maximum atomic E-state index is 3.99. The predicted molar refractivity (Wildman–Crippen MR) is 87.1 cm³/mol. The quantitative estimate of drug-likeness (QED) is 0.737. The minimum atomic E-state index is 0. The van der Waals surface area contributed by atoms with Gasteiger partial charge in [0.1, 0.15) is 6.04 Å². The van der Waals surface area contributed by atoms with Crippen molar-refractivity contribution in [2.45, 2.75) is 6.04 Å².